The molecule has 8 heteroatoms. The monoisotopic (exact) mass is 399 g/mol. The summed E-state index contributed by atoms with van der Waals surface area (Å²) in [5.41, 5.74) is 0.728. The van der Waals surface area contributed by atoms with Crippen LogP contribution in [0.1, 0.15) is 27.9 Å². The summed E-state index contributed by atoms with van der Waals surface area (Å²) in [6.07, 6.45) is -0.432. The number of carbonyl (C=O) groups is 2. The van der Waals surface area contributed by atoms with Crippen molar-refractivity contribution in [3.63, 3.8) is 0 Å². The molecule has 2 aromatic carbocycles. The Hall–Kier alpha value is -3.55. The maximum atomic E-state index is 13.0. The van der Waals surface area contributed by atoms with Gasteiger partial charge in [-0.15, -0.1) is 0 Å². The van der Waals surface area contributed by atoms with Gasteiger partial charge in [0, 0.05) is 29.2 Å². The molecule has 0 radical (unpaired) electrons. The van der Waals surface area contributed by atoms with Gasteiger partial charge in [0.1, 0.15) is 0 Å². The number of nitrogens with zero attached hydrogens (tertiary/aromatic N) is 2. The van der Waals surface area contributed by atoms with Crippen LogP contribution in [0.25, 0.3) is 11.3 Å². The number of alkyl halides is 3. The number of benzene rings is 2. The molecule has 3 rings (SSSR count). The first-order valence-electron chi connectivity index (χ1n) is 8.61. The first-order valence-corrected chi connectivity index (χ1v) is 8.61. The summed E-state index contributed by atoms with van der Waals surface area (Å²) >= 11 is 0. The van der Waals surface area contributed by atoms with Crippen LogP contribution in [0.2, 0.25) is 0 Å². The van der Waals surface area contributed by atoms with Crippen molar-refractivity contribution in [2.45, 2.75) is 19.5 Å². The number of carbonyl (C=O) groups excluding carboxylic acids is 2. The first-order chi connectivity index (χ1) is 13.7. The lowest BCUT2D eigenvalue weighted by molar-refractivity contribution is -0.138. The highest BCUT2D eigenvalue weighted by Crippen LogP contribution is 2.33. The zero-order valence-corrected chi connectivity index (χ0v) is 15.3. The maximum absolute atomic E-state index is 13.0. The van der Waals surface area contributed by atoms with E-state index in [1.807, 2.05) is 0 Å². The van der Waals surface area contributed by atoms with E-state index in [-0.39, 0.29) is 11.3 Å². The number of nitrogens with one attached hydrogen (secondary N) is 1. The van der Waals surface area contributed by atoms with Gasteiger partial charge in [-0.25, -0.2) is 0 Å². The van der Waals surface area contributed by atoms with E-state index in [2.05, 4.69) is 15.3 Å². The highest BCUT2D eigenvalue weighted by atomic mass is 19.4. The lowest BCUT2D eigenvalue weighted by Gasteiger charge is -2.12. The molecular weight excluding hydrogens is 383 g/mol. The molecule has 1 heterocycles. The molecule has 0 fully saturated rings. The van der Waals surface area contributed by atoms with E-state index in [0.29, 0.717) is 16.8 Å². The van der Waals surface area contributed by atoms with Crippen molar-refractivity contribution in [1.29, 1.82) is 0 Å². The number of hydrogen-bond donors (Lipinski definition) is 1. The molecule has 0 saturated heterocycles. The van der Waals surface area contributed by atoms with Gasteiger partial charge in [-0.05, 0) is 30.7 Å². The second kappa shape index (κ2) is 8.22. The fraction of sp³-hybridized carbons (Fsp3) is 0.143. The van der Waals surface area contributed by atoms with Crippen LogP contribution in [0.3, 0.4) is 0 Å². The predicted octanol–water partition coefficient (Wildman–Crippen LogP) is 4.68. The third-order valence-corrected chi connectivity index (χ3v) is 4.19. The smallest absolute Gasteiger partial charge is 0.326 e. The van der Waals surface area contributed by atoms with Crippen molar-refractivity contribution >= 4 is 17.4 Å². The van der Waals surface area contributed by atoms with Crippen molar-refractivity contribution < 1.29 is 22.8 Å². The van der Waals surface area contributed by atoms with Gasteiger partial charge < -0.3 is 5.32 Å². The average Bonchev–Trinajstić information content (AvgIpc) is 2.69. The van der Waals surface area contributed by atoms with Gasteiger partial charge in [0.2, 0.25) is 5.91 Å². The number of aromatic nitrogens is 2. The first kappa shape index (κ1) is 20.2. The maximum Gasteiger partial charge on any atom is 0.416 e. The van der Waals surface area contributed by atoms with E-state index < -0.39 is 29.9 Å². The van der Waals surface area contributed by atoms with Gasteiger partial charge in [-0.2, -0.15) is 13.2 Å². The molecule has 3 aromatic rings. The normalized spacial score (nSPS) is 11.2. The van der Waals surface area contributed by atoms with Crippen LogP contribution in [-0.4, -0.2) is 21.7 Å². The zero-order chi connectivity index (χ0) is 21.0. The molecule has 148 valence electrons. The lowest BCUT2D eigenvalue weighted by atomic mass is 10.0. The lowest BCUT2D eigenvalue weighted by Crippen LogP contribution is -2.17. The Balaban J connectivity index is 1.71. The molecule has 0 bridgehead atoms. The number of Topliss-reactive ketones (excluding diaryl/α,β-unsaturated/α-hetero) is 1. The number of ketones is 1. The van der Waals surface area contributed by atoms with E-state index in [1.165, 1.54) is 31.5 Å². The van der Waals surface area contributed by atoms with Crippen molar-refractivity contribution in [3.05, 3.63) is 77.7 Å². The predicted molar refractivity (Wildman–Crippen MR) is 101 cm³/mol. The number of anilines is 1. The number of hydrogen-bond acceptors (Lipinski definition) is 4. The van der Waals surface area contributed by atoms with Crippen LogP contribution >= 0.6 is 0 Å². The van der Waals surface area contributed by atoms with E-state index in [0.717, 1.165) is 6.07 Å². The van der Waals surface area contributed by atoms with Gasteiger partial charge in [-0.3, -0.25) is 19.6 Å². The summed E-state index contributed by atoms with van der Waals surface area (Å²) < 4.78 is 39.0. The Morgan fingerprint density at radius 2 is 1.86 bits per heavy atom. The summed E-state index contributed by atoms with van der Waals surface area (Å²) in [5, 5.41) is 2.35. The van der Waals surface area contributed by atoms with E-state index in [9.17, 15) is 22.8 Å². The SMILES string of the molecule is Cc1ccc(NC(=O)CC(=O)c2cccc(-c3cnccn3)c2)cc1C(F)(F)F. The summed E-state index contributed by atoms with van der Waals surface area (Å²) in [4.78, 5) is 32.7. The fourth-order valence-corrected chi connectivity index (χ4v) is 2.76. The Labute approximate surface area is 164 Å². The van der Waals surface area contributed by atoms with E-state index in [4.69, 9.17) is 0 Å². The van der Waals surface area contributed by atoms with Crippen LogP contribution in [-0.2, 0) is 11.0 Å². The Morgan fingerprint density at radius 1 is 1.07 bits per heavy atom. The van der Waals surface area contributed by atoms with Crippen LogP contribution < -0.4 is 5.32 Å². The largest absolute Gasteiger partial charge is 0.416 e. The third kappa shape index (κ3) is 5.04. The average molecular weight is 399 g/mol. The second-order valence-electron chi connectivity index (χ2n) is 6.35. The summed E-state index contributed by atoms with van der Waals surface area (Å²) in [5.74, 6) is -1.16. The number of amides is 1. The molecule has 0 aliphatic heterocycles. The number of rotatable bonds is 5. The topological polar surface area (TPSA) is 72.0 Å². The molecule has 1 aromatic heterocycles. The minimum atomic E-state index is -4.53. The van der Waals surface area contributed by atoms with Crippen LogP contribution in [0.4, 0.5) is 18.9 Å². The van der Waals surface area contributed by atoms with Gasteiger partial charge in [0.25, 0.3) is 0 Å². The molecule has 29 heavy (non-hydrogen) atoms. The molecule has 0 aliphatic carbocycles. The second-order valence-corrected chi connectivity index (χ2v) is 6.35. The van der Waals surface area contributed by atoms with E-state index in [1.54, 1.807) is 30.5 Å². The van der Waals surface area contributed by atoms with Crippen molar-refractivity contribution in [2.75, 3.05) is 5.32 Å². The van der Waals surface area contributed by atoms with Crippen LogP contribution in [0.15, 0.2) is 61.1 Å². The highest BCUT2D eigenvalue weighted by molar-refractivity contribution is 6.11. The van der Waals surface area contributed by atoms with Gasteiger partial charge in [-0.1, -0.05) is 24.3 Å². The van der Waals surface area contributed by atoms with Crippen molar-refractivity contribution in [3.8, 4) is 11.3 Å². The summed E-state index contributed by atoms with van der Waals surface area (Å²) in [6, 6.07) is 10.0. The van der Waals surface area contributed by atoms with Gasteiger partial charge in [0.15, 0.2) is 5.78 Å². The number of halogens is 3. The molecule has 1 amide bonds. The molecule has 0 aliphatic rings. The molecular formula is C21H16F3N3O2. The molecule has 1 N–H and O–H groups in total. The summed E-state index contributed by atoms with van der Waals surface area (Å²) in [6.45, 7) is 1.34. The molecule has 0 saturated carbocycles. The van der Waals surface area contributed by atoms with Gasteiger partial charge >= 0.3 is 6.18 Å². The Kier molecular flexibility index (Phi) is 5.72. The standard InChI is InChI=1S/C21H16F3N3O2/c1-13-5-6-16(10-17(13)21(22,23)24)27-20(29)11-19(28)15-4-2-3-14(9-15)18-12-25-7-8-26-18/h2-10,12H,11H2,1H3,(H,27,29). The Morgan fingerprint density at radius 3 is 2.55 bits per heavy atom. The fourth-order valence-electron chi connectivity index (χ4n) is 2.76. The minimum Gasteiger partial charge on any atom is -0.326 e. The Bertz CT molecular complexity index is 1050. The third-order valence-electron chi connectivity index (χ3n) is 4.19. The van der Waals surface area contributed by atoms with E-state index >= 15 is 0 Å². The summed E-state index contributed by atoms with van der Waals surface area (Å²) in [7, 11) is 0. The van der Waals surface area contributed by atoms with Gasteiger partial charge in [0.05, 0.1) is 23.9 Å². The van der Waals surface area contributed by atoms with Crippen molar-refractivity contribution in [1.82, 2.24) is 9.97 Å². The molecule has 5 nitrogen and oxygen atoms in total. The number of aryl methyl sites for hydroxylation is 1. The quantitative estimate of drug-likeness (QED) is 0.499. The molecule has 0 unspecified atom stereocenters. The van der Waals surface area contributed by atoms with Crippen LogP contribution in [0.5, 0.6) is 0 Å². The van der Waals surface area contributed by atoms with Crippen molar-refractivity contribution in [2.24, 2.45) is 0 Å². The van der Waals surface area contributed by atoms with Crippen LogP contribution in [0, 0.1) is 6.92 Å². The molecule has 0 spiro atoms. The highest BCUT2D eigenvalue weighted by Gasteiger charge is 2.32. The minimum absolute atomic E-state index is 0.0194. The molecule has 0 atom stereocenters. The zero-order valence-electron chi connectivity index (χ0n) is 15.3.